The maximum absolute atomic E-state index is 12.8. The predicted molar refractivity (Wildman–Crippen MR) is 121 cm³/mol. The second kappa shape index (κ2) is 10.6. The Kier molecular flexibility index (Phi) is 7.58. The summed E-state index contributed by atoms with van der Waals surface area (Å²) in [6.45, 7) is -0.174. The summed E-state index contributed by atoms with van der Waals surface area (Å²) in [7, 11) is -4.12. The van der Waals surface area contributed by atoms with E-state index in [1.165, 1.54) is 42.5 Å². The Labute approximate surface area is 186 Å². The van der Waals surface area contributed by atoms with Gasteiger partial charge in [-0.15, -0.1) is 0 Å². The molecule has 0 radical (unpaired) electrons. The zero-order valence-corrected chi connectivity index (χ0v) is 17.9. The van der Waals surface area contributed by atoms with E-state index in [2.05, 4.69) is 15.4 Å². The van der Waals surface area contributed by atoms with Gasteiger partial charge >= 0.3 is 0 Å². The Balaban J connectivity index is 1.61. The number of hydrogen-bond donors (Lipinski definition) is 4. The van der Waals surface area contributed by atoms with Crippen molar-refractivity contribution in [2.24, 2.45) is 0 Å². The molecular formula is C23H23N3O5S. The van der Waals surface area contributed by atoms with Crippen LogP contribution in [0.5, 0.6) is 5.75 Å². The van der Waals surface area contributed by atoms with Crippen molar-refractivity contribution in [2.45, 2.75) is 11.3 Å². The van der Waals surface area contributed by atoms with Crippen molar-refractivity contribution < 1.29 is 23.1 Å². The number of phenolic OH excluding ortho intramolecular Hbond substituents is 1. The lowest BCUT2D eigenvalue weighted by molar-refractivity contribution is -0.115. The number of phenols is 1. The van der Waals surface area contributed by atoms with Crippen molar-refractivity contribution >= 4 is 27.5 Å². The SMILES string of the molecule is O=C(CNS(=O)(=O)c1ccccc1C(=O)NCCc1ccccc1)Nc1ccc(O)cc1. The average molecular weight is 454 g/mol. The number of carbonyl (C=O) groups excluding carboxylic acids is 2. The Morgan fingerprint density at radius 1 is 0.844 bits per heavy atom. The lowest BCUT2D eigenvalue weighted by Crippen LogP contribution is -2.34. The van der Waals surface area contributed by atoms with E-state index < -0.39 is 28.4 Å². The Hall–Kier alpha value is -3.69. The van der Waals surface area contributed by atoms with Crippen LogP contribution in [0.15, 0.2) is 83.8 Å². The van der Waals surface area contributed by atoms with Crippen molar-refractivity contribution in [3.63, 3.8) is 0 Å². The first-order valence-electron chi connectivity index (χ1n) is 9.85. The van der Waals surface area contributed by atoms with Crippen molar-refractivity contribution in [2.75, 3.05) is 18.4 Å². The van der Waals surface area contributed by atoms with Crippen LogP contribution in [-0.4, -0.2) is 38.4 Å². The molecule has 0 aliphatic rings. The molecule has 0 unspecified atom stereocenters. The van der Waals surface area contributed by atoms with Crippen LogP contribution in [0.4, 0.5) is 5.69 Å². The van der Waals surface area contributed by atoms with E-state index in [9.17, 15) is 23.1 Å². The van der Waals surface area contributed by atoms with Gasteiger partial charge in [0.15, 0.2) is 0 Å². The number of benzene rings is 3. The molecule has 0 fully saturated rings. The van der Waals surface area contributed by atoms with Gasteiger partial charge in [0.05, 0.1) is 17.0 Å². The average Bonchev–Trinajstić information content (AvgIpc) is 2.80. The maximum atomic E-state index is 12.8. The molecule has 0 aliphatic carbocycles. The van der Waals surface area contributed by atoms with Gasteiger partial charge in [0.2, 0.25) is 15.9 Å². The van der Waals surface area contributed by atoms with Crippen LogP contribution in [0.2, 0.25) is 0 Å². The summed E-state index contributed by atoms with van der Waals surface area (Å²) in [6.07, 6.45) is 0.608. The molecule has 0 aromatic heterocycles. The highest BCUT2D eigenvalue weighted by Gasteiger charge is 2.22. The number of rotatable bonds is 9. The Morgan fingerprint density at radius 3 is 2.22 bits per heavy atom. The second-order valence-corrected chi connectivity index (χ2v) is 8.64. The van der Waals surface area contributed by atoms with Gasteiger partial charge in [-0.1, -0.05) is 42.5 Å². The zero-order valence-electron chi connectivity index (χ0n) is 17.1. The van der Waals surface area contributed by atoms with E-state index in [1.54, 1.807) is 6.07 Å². The van der Waals surface area contributed by atoms with Crippen molar-refractivity contribution in [3.8, 4) is 5.75 Å². The molecule has 3 aromatic rings. The van der Waals surface area contributed by atoms with Gasteiger partial charge in [-0.05, 0) is 48.4 Å². The van der Waals surface area contributed by atoms with E-state index in [4.69, 9.17) is 0 Å². The molecule has 8 nitrogen and oxygen atoms in total. The van der Waals surface area contributed by atoms with Gasteiger partial charge < -0.3 is 15.7 Å². The summed E-state index contributed by atoms with van der Waals surface area (Å²) >= 11 is 0. The van der Waals surface area contributed by atoms with Crippen molar-refractivity contribution in [1.82, 2.24) is 10.0 Å². The fourth-order valence-corrected chi connectivity index (χ4v) is 4.12. The highest BCUT2D eigenvalue weighted by atomic mass is 32.2. The zero-order chi connectivity index (χ0) is 23.0. The van der Waals surface area contributed by atoms with Crippen LogP contribution in [0.1, 0.15) is 15.9 Å². The second-order valence-electron chi connectivity index (χ2n) is 6.91. The number of aromatic hydroxyl groups is 1. The van der Waals surface area contributed by atoms with Crippen LogP contribution < -0.4 is 15.4 Å². The third-order valence-electron chi connectivity index (χ3n) is 4.54. The van der Waals surface area contributed by atoms with E-state index in [0.717, 1.165) is 5.56 Å². The molecule has 0 atom stereocenters. The number of sulfonamides is 1. The number of hydrogen-bond acceptors (Lipinski definition) is 5. The van der Waals surface area contributed by atoms with Gasteiger partial charge in [-0.2, -0.15) is 0 Å². The fourth-order valence-electron chi connectivity index (χ4n) is 2.94. The first-order chi connectivity index (χ1) is 15.3. The summed E-state index contributed by atoms with van der Waals surface area (Å²) in [5.74, 6) is -1.07. The lowest BCUT2D eigenvalue weighted by atomic mass is 10.1. The Bertz CT molecular complexity index is 1180. The summed E-state index contributed by atoms with van der Waals surface area (Å²) in [4.78, 5) is 24.5. The molecule has 9 heteroatoms. The molecule has 0 spiro atoms. The van der Waals surface area contributed by atoms with Crippen molar-refractivity contribution in [3.05, 3.63) is 90.0 Å². The minimum atomic E-state index is -4.12. The molecule has 0 heterocycles. The molecule has 0 bridgehead atoms. The summed E-state index contributed by atoms with van der Waals surface area (Å²) in [6, 6.07) is 21.2. The summed E-state index contributed by atoms with van der Waals surface area (Å²) in [5, 5.41) is 14.5. The molecule has 3 aromatic carbocycles. The highest BCUT2D eigenvalue weighted by molar-refractivity contribution is 7.89. The van der Waals surface area contributed by atoms with Gasteiger partial charge in [-0.25, -0.2) is 13.1 Å². The highest BCUT2D eigenvalue weighted by Crippen LogP contribution is 2.16. The van der Waals surface area contributed by atoms with Gasteiger partial charge in [0.25, 0.3) is 5.91 Å². The van der Waals surface area contributed by atoms with Crippen LogP contribution >= 0.6 is 0 Å². The van der Waals surface area contributed by atoms with E-state index in [-0.39, 0.29) is 16.2 Å². The summed E-state index contributed by atoms with van der Waals surface area (Å²) in [5.41, 5.74) is 1.45. The van der Waals surface area contributed by atoms with Gasteiger partial charge in [-0.3, -0.25) is 9.59 Å². The van der Waals surface area contributed by atoms with Crippen LogP contribution in [0, 0.1) is 0 Å². The molecule has 4 N–H and O–H groups in total. The number of carbonyl (C=O) groups is 2. The van der Waals surface area contributed by atoms with Crippen LogP contribution in [0.3, 0.4) is 0 Å². The predicted octanol–water partition coefficient (Wildman–Crippen LogP) is 2.28. The molecule has 32 heavy (non-hydrogen) atoms. The largest absolute Gasteiger partial charge is 0.508 e. The van der Waals surface area contributed by atoms with E-state index >= 15 is 0 Å². The Morgan fingerprint density at radius 2 is 1.50 bits per heavy atom. The minimum absolute atomic E-state index is 0.00740. The first-order valence-corrected chi connectivity index (χ1v) is 11.3. The normalized spacial score (nSPS) is 11.0. The summed E-state index contributed by atoms with van der Waals surface area (Å²) < 4.78 is 27.7. The molecule has 0 saturated carbocycles. The molecular weight excluding hydrogens is 430 g/mol. The van der Waals surface area contributed by atoms with Crippen molar-refractivity contribution in [1.29, 1.82) is 0 Å². The van der Waals surface area contributed by atoms with E-state index in [0.29, 0.717) is 18.7 Å². The molecule has 0 aliphatic heterocycles. The van der Waals surface area contributed by atoms with Gasteiger partial charge in [0, 0.05) is 12.2 Å². The van der Waals surface area contributed by atoms with E-state index in [1.807, 2.05) is 30.3 Å². The molecule has 166 valence electrons. The lowest BCUT2D eigenvalue weighted by Gasteiger charge is -2.12. The third kappa shape index (κ3) is 6.40. The number of anilines is 1. The fraction of sp³-hybridized carbons (Fsp3) is 0.130. The van der Waals surface area contributed by atoms with Crippen LogP contribution in [-0.2, 0) is 21.2 Å². The smallest absolute Gasteiger partial charge is 0.252 e. The topological polar surface area (TPSA) is 125 Å². The third-order valence-corrected chi connectivity index (χ3v) is 6.00. The standard InChI is InChI=1S/C23H23N3O5S/c27-19-12-10-18(11-13-19)26-22(28)16-25-32(30,31)21-9-5-4-8-20(21)23(29)24-15-14-17-6-2-1-3-7-17/h1-13,25,27H,14-16H2,(H,24,29)(H,26,28). The molecule has 2 amide bonds. The number of nitrogens with one attached hydrogen (secondary N) is 3. The maximum Gasteiger partial charge on any atom is 0.252 e. The minimum Gasteiger partial charge on any atom is -0.508 e. The molecule has 0 saturated heterocycles. The van der Waals surface area contributed by atoms with Gasteiger partial charge in [0.1, 0.15) is 5.75 Å². The molecule has 3 rings (SSSR count). The number of amides is 2. The van der Waals surface area contributed by atoms with Crippen LogP contribution in [0.25, 0.3) is 0 Å². The first kappa shape index (κ1) is 23.0. The quantitative estimate of drug-likeness (QED) is 0.370. The monoisotopic (exact) mass is 453 g/mol.